The number of allylic oxidation sites excluding steroid dienone is 4. The Bertz CT molecular complexity index is 753. The summed E-state index contributed by atoms with van der Waals surface area (Å²) in [5.41, 5.74) is 1.81. The summed E-state index contributed by atoms with van der Waals surface area (Å²) in [6.45, 7) is 2.31. The second-order valence-electron chi connectivity index (χ2n) is 5.21. The fraction of sp³-hybridized carbons (Fsp3) is 0.158. The summed E-state index contributed by atoms with van der Waals surface area (Å²) in [5, 5.41) is 2.31. The molecule has 21 heavy (non-hydrogen) atoms. The van der Waals surface area contributed by atoms with Gasteiger partial charge < -0.3 is 4.74 Å². The summed E-state index contributed by atoms with van der Waals surface area (Å²) in [7, 11) is 0. The molecule has 0 heterocycles. The van der Waals surface area contributed by atoms with Crippen molar-refractivity contribution >= 4 is 10.8 Å². The minimum atomic E-state index is -0.222. The largest absolute Gasteiger partial charge is 0.489 e. The highest BCUT2D eigenvalue weighted by atomic mass is 19.1. The maximum absolute atomic E-state index is 13.8. The van der Waals surface area contributed by atoms with Crippen molar-refractivity contribution in [2.75, 3.05) is 6.61 Å². The van der Waals surface area contributed by atoms with E-state index >= 15 is 0 Å². The summed E-state index contributed by atoms with van der Waals surface area (Å²) in [5.74, 6) is 0.536. The Morgan fingerprint density at radius 2 is 1.76 bits per heavy atom. The first-order valence-corrected chi connectivity index (χ1v) is 7.07. The molecule has 2 aromatic carbocycles. The van der Waals surface area contributed by atoms with Crippen LogP contribution in [0.4, 0.5) is 4.39 Å². The minimum Gasteiger partial charge on any atom is -0.489 e. The molecule has 2 heteroatoms. The lowest BCUT2D eigenvalue weighted by Crippen LogP contribution is -2.00. The third-order valence-electron chi connectivity index (χ3n) is 3.52. The van der Waals surface area contributed by atoms with Crippen molar-refractivity contribution in [3.05, 3.63) is 77.7 Å². The molecule has 0 unspecified atom stereocenters. The molecule has 0 atom stereocenters. The molecule has 0 amide bonds. The third kappa shape index (κ3) is 3.22. The first-order chi connectivity index (χ1) is 10.2. The van der Waals surface area contributed by atoms with E-state index in [0.717, 1.165) is 17.6 Å². The molecule has 0 saturated carbocycles. The number of hydrogen-bond donors (Lipinski definition) is 0. The number of halogens is 1. The SMILES string of the molecule is Cc1ccc2cc(OCC3=C(F)C=CCC=C3)ccc2c1. The van der Waals surface area contributed by atoms with Gasteiger partial charge in [0.1, 0.15) is 18.2 Å². The Labute approximate surface area is 124 Å². The van der Waals surface area contributed by atoms with Crippen LogP contribution in [0, 0.1) is 6.92 Å². The van der Waals surface area contributed by atoms with Gasteiger partial charge in [0.05, 0.1) is 0 Å². The third-order valence-corrected chi connectivity index (χ3v) is 3.52. The van der Waals surface area contributed by atoms with Gasteiger partial charge in [-0.05, 0) is 42.3 Å². The van der Waals surface area contributed by atoms with Gasteiger partial charge in [0.15, 0.2) is 0 Å². The van der Waals surface area contributed by atoms with E-state index in [1.165, 1.54) is 17.0 Å². The monoisotopic (exact) mass is 280 g/mol. The highest BCUT2D eigenvalue weighted by Gasteiger charge is 2.05. The number of aryl methyl sites for hydroxylation is 1. The molecule has 0 radical (unpaired) electrons. The molecule has 0 spiro atoms. The van der Waals surface area contributed by atoms with E-state index in [-0.39, 0.29) is 12.4 Å². The van der Waals surface area contributed by atoms with E-state index < -0.39 is 0 Å². The van der Waals surface area contributed by atoms with Crippen molar-refractivity contribution in [2.24, 2.45) is 0 Å². The van der Waals surface area contributed by atoms with Crippen LogP contribution in [-0.4, -0.2) is 6.61 Å². The van der Waals surface area contributed by atoms with Gasteiger partial charge in [-0.25, -0.2) is 4.39 Å². The lowest BCUT2D eigenvalue weighted by molar-refractivity contribution is 0.352. The molecule has 0 N–H and O–H groups in total. The molecule has 1 nitrogen and oxygen atoms in total. The van der Waals surface area contributed by atoms with Crippen molar-refractivity contribution in [3.8, 4) is 5.75 Å². The molecule has 3 rings (SSSR count). The number of ether oxygens (including phenoxy) is 1. The Hall–Kier alpha value is -2.35. The van der Waals surface area contributed by atoms with Gasteiger partial charge in [-0.15, -0.1) is 0 Å². The quantitative estimate of drug-likeness (QED) is 0.744. The summed E-state index contributed by atoms with van der Waals surface area (Å²) >= 11 is 0. The molecule has 0 fully saturated rings. The zero-order valence-corrected chi connectivity index (χ0v) is 12.0. The van der Waals surface area contributed by atoms with E-state index in [1.807, 2.05) is 24.3 Å². The molecular formula is C19H17FO. The number of hydrogen-bond acceptors (Lipinski definition) is 1. The lowest BCUT2D eigenvalue weighted by atomic mass is 10.1. The maximum Gasteiger partial charge on any atom is 0.129 e. The van der Waals surface area contributed by atoms with Gasteiger partial charge in [-0.2, -0.15) is 0 Å². The van der Waals surface area contributed by atoms with E-state index in [1.54, 1.807) is 12.2 Å². The van der Waals surface area contributed by atoms with Gasteiger partial charge in [0.2, 0.25) is 0 Å². The van der Waals surface area contributed by atoms with E-state index in [9.17, 15) is 4.39 Å². The Kier molecular flexibility index (Phi) is 3.87. The standard InChI is InChI=1S/C19H17FO/c1-14-7-8-16-12-18(10-9-15(16)11-14)21-13-17-5-3-2-4-6-19(17)20/h3-12H,2,13H2,1H3. The molecular weight excluding hydrogens is 263 g/mol. The predicted octanol–water partition coefficient (Wildman–Crippen LogP) is 5.27. The van der Waals surface area contributed by atoms with Crippen molar-refractivity contribution in [3.63, 3.8) is 0 Å². The highest BCUT2D eigenvalue weighted by Crippen LogP contribution is 2.23. The van der Waals surface area contributed by atoms with Crippen molar-refractivity contribution < 1.29 is 9.13 Å². The number of rotatable bonds is 3. The zero-order valence-electron chi connectivity index (χ0n) is 12.0. The lowest BCUT2D eigenvalue weighted by Gasteiger charge is -2.08. The molecule has 2 aromatic rings. The van der Waals surface area contributed by atoms with Gasteiger partial charge >= 0.3 is 0 Å². The fourth-order valence-corrected chi connectivity index (χ4v) is 2.36. The summed E-state index contributed by atoms with van der Waals surface area (Å²) in [6, 6.07) is 12.2. The molecule has 0 saturated heterocycles. The van der Waals surface area contributed by atoms with Gasteiger partial charge in [0, 0.05) is 5.57 Å². The first-order valence-electron chi connectivity index (χ1n) is 7.07. The van der Waals surface area contributed by atoms with E-state index in [2.05, 4.69) is 25.1 Å². The van der Waals surface area contributed by atoms with Crippen molar-refractivity contribution in [1.29, 1.82) is 0 Å². The van der Waals surface area contributed by atoms with Crippen LogP contribution in [0.3, 0.4) is 0 Å². The summed E-state index contributed by atoms with van der Waals surface area (Å²) in [4.78, 5) is 0. The minimum absolute atomic E-state index is 0.222. The molecule has 0 aliphatic heterocycles. The van der Waals surface area contributed by atoms with Crippen LogP contribution >= 0.6 is 0 Å². The van der Waals surface area contributed by atoms with Crippen molar-refractivity contribution in [1.82, 2.24) is 0 Å². The average molecular weight is 280 g/mol. The Morgan fingerprint density at radius 3 is 2.67 bits per heavy atom. The van der Waals surface area contributed by atoms with Crippen molar-refractivity contribution in [2.45, 2.75) is 13.3 Å². The van der Waals surface area contributed by atoms with Crippen LogP contribution in [0.2, 0.25) is 0 Å². The van der Waals surface area contributed by atoms with Gasteiger partial charge in [-0.3, -0.25) is 0 Å². The molecule has 106 valence electrons. The van der Waals surface area contributed by atoms with Gasteiger partial charge in [0.25, 0.3) is 0 Å². The smallest absolute Gasteiger partial charge is 0.129 e. The van der Waals surface area contributed by atoms with E-state index in [0.29, 0.717) is 5.57 Å². The molecule has 1 aliphatic rings. The Balaban J connectivity index is 1.79. The van der Waals surface area contributed by atoms with Gasteiger partial charge in [-0.1, -0.05) is 48.1 Å². The second kappa shape index (κ2) is 5.96. The topological polar surface area (TPSA) is 9.23 Å². The zero-order chi connectivity index (χ0) is 14.7. The summed E-state index contributed by atoms with van der Waals surface area (Å²) < 4.78 is 19.5. The normalized spacial score (nSPS) is 14.6. The average Bonchev–Trinajstić information content (AvgIpc) is 2.69. The van der Waals surface area contributed by atoms with Crippen LogP contribution < -0.4 is 4.74 Å². The Morgan fingerprint density at radius 1 is 1.00 bits per heavy atom. The summed E-state index contributed by atoms with van der Waals surface area (Å²) in [6.07, 6.45) is 7.79. The predicted molar refractivity (Wildman–Crippen MR) is 85.2 cm³/mol. The first kappa shape index (κ1) is 13.6. The molecule has 0 aromatic heterocycles. The van der Waals surface area contributed by atoms with E-state index in [4.69, 9.17) is 4.74 Å². The maximum atomic E-state index is 13.8. The number of fused-ring (bicyclic) bond motifs is 1. The second-order valence-corrected chi connectivity index (χ2v) is 5.21. The van der Waals surface area contributed by atoms with Crippen LogP contribution in [-0.2, 0) is 0 Å². The highest BCUT2D eigenvalue weighted by molar-refractivity contribution is 5.84. The van der Waals surface area contributed by atoms with Crippen LogP contribution in [0.15, 0.2) is 72.1 Å². The number of benzene rings is 2. The van der Waals surface area contributed by atoms with Crippen LogP contribution in [0.25, 0.3) is 10.8 Å². The van der Waals surface area contributed by atoms with Crippen LogP contribution in [0.5, 0.6) is 5.75 Å². The van der Waals surface area contributed by atoms with Crippen LogP contribution in [0.1, 0.15) is 12.0 Å². The molecule has 0 bridgehead atoms. The molecule has 1 aliphatic carbocycles. The fourth-order valence-electron chi connectivity index (χ4n) is 2.36.